The number of esters is 1. The molecule has 214 valence electrons. The van der Waals surface area contributed by atoms with E-state index in [1.807, 2.05) is 30.3 Å². The third kappa shape index (κ3) is 6.07. The molecule has 1 aliphatic carbocycles. The first-order chi connectivity index (χ1) is 20.4. The number of nitrogens with zero attached hydrogens (tertiary/aromatic N) is 4. The molecule has 12 heteroatoms. The smallest absolute Gasteiger partial charge is 0.337 e. The Morgan fingerprint density at radius 1 is 1.17 bits per heavy atom. The summed E-state index contributed by atoms with van der Waals surface area (Å²) in [5.74, 6) is -0.957. The van der Waals surface area contributed by atoms with Crippen LogP contribution in [0, 0.1) is 11.3 Å². The van der Waals surface area contributed by atoms with E-state index in [4.69, 9.17) is 10.5 Å². The molecule has 1 aromatic heterocycles. The van der Waals surface area contributed by atoms with Crippen molar-refractivity contribution < 1.29 is 19.1 Å². The van der Waals surface area contributed by atoms with Gasteiger partial charge in [0.25, 0.3) is 0 Å². The standard InChI is InChI=1S/C30H28N6O4S2/c1-40-28(39)20-12-10-19(11-13-20)25-21(16-31)27(32)36(22-8-5-9-23(37)26(22)25)29-34-35-30(42-29)41-17-24(38)33-15-14-18-6-3-2-4-7-18/h2-4,6-7,10-13,25H,5,8-9,14-15,17,32H2,1H3,(H,33,38). The molecule has 3 aromatic rings. The van der Waals surface area contributed by atoms with E-state index < -0.39 is 11.9 Å². The molecule has 0 saturated carbocycles. The van der Waals surface area contributed by atoms with Gasteiger partial charge >= 0.3 is 5.97 Å². The van der Waals surface area contributed by atoms with Crippen molar-refractivity contribution in [3.05, 3.63) is 94.0 Å². The fraction of sp³-hybridized carbons (Fsp3) is 0.267. The number of Topliss-reactive ketones (excluding diaryl/α,β-unsaturated/α-hetero) is 1. The Morgan fingerprint density at radius 3 is 2.64 bits per heavy atom. The quantitative estimate of drug-likeness (QED) is 0.272. The van der Waals surface area contributed by atoms with Gasteiger partial charge in [0.05, 0.1) is 36.0 Å². The van der Waals surface area contributed by atoms with Crippen LogP contribution in [-0.4, -0.2) is 47.3 Å². The van der Waals surface area contributed by atoms with Gasteiger partial charge in [-0.05, 0) is 42.5 Å². The van der Waals surface area contributed by atoms with Crippen LogP contribution in [0.1, 0.15) is 46.7 Å². The van der Waals surface area contributed by atoms with Crippen molar-refractivity contribution in [1.82, 2.24) is 15.5 Å². The minimum atomic E-state index is -0.665. The minimum absolute atomic E-state index is 0.0603. The molecule has 0 bridgehead atoms. The van der Waals surface area contributed by atoms with Gasteiger partial charge in [0.1, 0.15) is 5.82 Å². The first-order valence-electron chi connectivity index (χ1n) is 13.3. The van der Waals surface area contributed by atoms with Crippen LogP contribution in [-0.2, 0) is 20.7 Å². The van der Waals surface area contributed by atoms with Crippen molar-refractivity contribution in [2.24, 2.45) is 5.73 Å². The van der Waals surface area contributed by atoms with Crippen molar-refractivity contribution in [1.29, 1.82) is 5.26 Å². The molecule has 10 nitrogen and oxygen atoms in total. The summed E-state index contributed by atoms with van der Waals surface area (Å²) in [5, 5.41) is 22.1. The van der Waals surface area contributed by atoms with Crippen LogP contribution in [0.3, 0.4) is 0 Å². The fourth-order valence-electron chi connectivity index (χ4n) is 5.09. The lowest BCUT2D eigenvalue weighted by atomic mass is 9.75. The Labute approximate surface area is 251 Å². The lowest BCUT2D eigenvalue weighted by Crippen LogP contribution is -2.38. The molecule has 1 atom stereocenters. The molecule has 1 aliphatic heterocycles. The number of nitrogens with one attached hydrogen (secondary N) is 1. The molecule has 2 aromatic carbocycles. The summed E-state index contributed by atoms with van der Waals surface area (Å²) >= 11 is 2.51. The summed E-state index contributed by atoms with van der Waals surface area (Å²) in [7, 11) is 1.31. The van der Waals surface area contributed by atoms with Gasteiger partial charge in [-0.25, -0.2) is 4.79 Å². The Morgan fingerprint density at radius 2 is 1.93 bits per heavy atom. The molecule has 5 rings (SSSR count). The predicted octanol–water partition coefficient (Wildman–Crippen LogP) is 4.08. The van der Waals surface area contributed by atoms with Crippen LogP contribution in [0.25, 0.3) is 0 Å². The highest BCUT2D eigenvalue weighted by atomic mass is 32.2. The van der Waals surface area contributed by atoms with Gasteiger partial charge in [-0.1, -0.05) is 65.6 Å². The second-order valence-electron chi connectivity index (χ2n) is 9.65. The van der Waals surface area contributed by atoms with Crippen molar-refractivity contribution in [2.45, 2.75) is 35.9 Å². The highest BCUT2D eigenvalue weighted by Crippen LogP contribution is 2.47. The van der Waals surface area contributed by atoms with E-state index in [-0.39, 0.29) is 28.8 Å². The number of ether oxygens (including phenoxy) is 1. The fourth-order valence-corrected chi connectivity index (χ4v) is 6.80. The summed E-state index contributed by atoms with van der Waals surface area (Å²) in [4.78, 5) is 39.3. The zero-order valence-electron chi connectivity index (χ0n) is 22.8. The third-order valence-electron chi connectivity index (χ3n) is 7.07. The zero-order chi connectivity index (χ0) is 29.6. The van der Waals surface area contributed by atoms with Gasteiger partial charge in [-0.2, -0.15) is 5.26 Å². The van der Waals surface area contributed by atoms with Gasteiger partial charge in [0.2, 0.25) is 11.0 Å². The molecule has 0 saturated heterocycles. The van der Waals surface area contributed by atoms with E-state index in [9.17, 15) is 19.6 Å². The lowest BCUT2D eigenvalue weighted by molar-refractivity contribution is -0.118. The van der Waals surface area contributed by atoms with E-state index in [0.717, 1.165) is 12.0 Å². The number of nitrogens with two attached hydrogens (primary N) is 1. The van der Waals surface area contributed by atoms with Crippen molar-refractivity contribution in [2.75, 3.05) is 24.3 Å². The molecule has 1 unspecified atom stereocenters. The van der Waals surface area contributed by atoms with E-state index in [0.29, 0.717) is 57.7 Å². The molecular weight excluding hydrogens is 573 g/mol. The van der Waals surface area contributed by atoms with Crippen molar-refractivity contribution in [3.63, 3.8) is 0 Å². The maximum Gasteiger partial charge on any atom is 0.337 e. The number of nitriles is 1. The number of hydrogen-bond donors (Lipinski definition) is 2. The van der Waals surface area contributed by atoms with Gasteiger partial charge < -0.3 is 15.8 Å². The summed E-state index contributed by atoms with van der Waals surface area (Å²) in [6.45, 7) is 0.536. The molecule has 0 radical (unpaired) electrons. The van der Waals surface area contributed by atoms with Crippen LogP contribution in [0.4, 0.5) is 5.13 Å². The number of carbonyl (C=O) groups is 3. The largest absolute Gasteiger partial charge is 0.465 e. The van der Waals surface area contributed by atoms with Gasteiger partial charge in [-0.3, -0.25) is 14.5 Å². The molecule has 0 spiro atoms. The highest BCUT2D eigenvalue weighted by molar-refractivity contribution is 8.01. The number of allylic oxidation sites excluding steroid dienone is 3. The summed E-state index contributed by atoms with van der Waals surface area (Å²) in [6, 6.07) is 18.8. The van der Waals surface area contributed by atoms with Gasteiger partial charge in [-0.15, -0.1) is 10.2 Å². The molecule has 0 fully saturated rings. The Balaban J connectivity index is 1.35. The predicted molar refractivity (Wildman–Crippen MR) is 160 cm³/mol. The molecule has 1 amide bonds. The average molecular weight is 601 g/mol. The molecule has 3 N–H and O–H groups in total. The minimum Gasteiger partial charge on any atom is -0.465 e. The maximum atomic E-state index is 13.3. The third-order valence-corrected chi connectivity index (χ3v) is 9.11. The molecular formula is C30H28N6O4S2. The summed E-state index contributed by atoms with van der Waals surface area (Å²) < 4.78 is 5.36. The first-order valence-corrected chi connectivity index (χ1v) is 15.1. The van der Waals surface area contributed by atoms with Crippen LogP contribution in [0.15, 0.2) is 81.6 Å². The summed E-state index contributed by atoms with van der Waals surface area (Å²) in [6.07, 6.45) is 2.32. The number of thioether (sulfide) groups is 1. The van der Waals surface area contributed by atoms with Gasteiger partial charge in [0, 0.05) is 24.2 Å². The topological polar surface area (TPSA) is 151 Å². The van der Waals surface area contributed by atoms with E-state index in [2.05, 4.69) is 21.6 Å². The highest BCUT2D eigenvalue weighted by Gasteiger charge is 2.41. The van der Waals surface area contributed by atoms with Crippen molar-refractivity contribution >= 4 is 45.9 Å². The van der Waals surface area contributed by atoms with Crippen LogP contribution < -0.4 is 16.0 Å². The lowest BCUT2D eigenvalue weighted by Gasteiger charge is -2.38. The second kappa shape index (κ2) is 13.0. The van der Waals surface area contributed by atoms with Crippen LogP contribution in [0.5, 0.6) is 0 Å². The zero-order valence-corrected chi connectivity index (χ0v) is 24.5. The number of benzene rings is 2. The van der Waals surface area contributed by atoms with E-state index in [1.165, 1.54) is 30.2 Å². The Kier molecular flexibility index (Phi) is 9.00. The number of carbonyl (C=O) groups excluding carboxylic acids is 3. The average Bonchev–Trinajstić information content (AvgIpc) is 3.48. The van der Waals surface area contributed by atoms with Crippen molar-refractivity contribution in [3.8, 4) is 6.07 Å². The number of amides is 1. The number of ketones is 1. The Bertz CT molecular complexity index is 1610. The van der Waals surface area contributed by atoms with E-state index in [1.54, 1.807) is 29.2 Å². The number of methoxy groups -OCH3 is 1. The number of aromatic nitrogens is 2. The van der Waals surface area contributed by atoms with Crippen LogP contribution >= 0.6 is 23.1 Å². The van der Waals surface area contributed by atoms with E-state index >= 15 is 0 Å². The SMILES string of the molecule is COC(=O)c1ccc(C2C(C#N)=C(N)N(c3nnc(SCC(=O)NCCc4ccccc4)s3)C3=C2C(=O)CCC3)cc1. The molecule has 2 aliphatic rings. The van der Waals surface area contributed by atoms with Gasteiger partial charge in [0.15, 0.2) is 10.1 Å². The summed E-state index contributed by atoms with van der Waals surface area (Å²) in [5.41, 5.74) is 10.2. The Hall–Kier alpha value is -4.47. The number of rotatable bonds is 9. The monoisotopic (exact) mass is 600 g/mol. The number of anilines is 1. The normalized spacial score (nSPS) is 16.6. The molecule has 2 heterocycles. The molecule has 42 heavy (non-hydrogen) atoms. The van der Waals surface area contributed by atoms with Crippen LogP contribution in [0.2, 0.25) is 0 Å². The maximum absolute atomic E-state index is 13.3. The number of hydrogen-bond acceptors (Lipinski definition) is 11. The second-order valence-corrected chi connectivity index (χ2v) is 11.8. The first kappa shape index (κ1) is 29.0.